The van der Waals surface area contributed by atoms with E-state index in [1.807, 2.05) is 42.9 Å². The highest BCUT2D eigenvalue weighted by atomic mass is 32.1. The summed E-state index contributed by atoms with van der Waals surface area (Å²) in [6.45, 7) is 1.97. The monoisotopic (exact) mass is 340 g/mol. The van der Waals surface area contributed by atoms with E-state index in [4.69, 9.17) is 0 Å². The van der Waals surface area contributed by atoms with E-state index >= 15 is 0 Å². The van der Waals surface area contributed by atoms with Crippen LogP contribution in [0.15, 0.2) is 24.4 Å². The first kappa shape index (κ1) is 15.3. The van der Waals surface area contributed by atoms with Crippen LogP contribution in [0, 0.1) is 6.92 Å². The quantitative estimate of drug-likeness (QED) is 0.791. The summed E-state index contributed by atoms with van der Waals surface area (Å²) in [4.78, 5) is 21.5. The zero-order valence-electron chi connectivity index (χ0n) is 13.9. The Balaban J connectivity index is 1.63. The molecule has 0 saturated heterocycles. The van der Waals surface area contributed by atoms with Gasteiger partial charge in [0.25, 0.3) is 5.91 Å². The maximum absolute atomic E-state index is 12.4. The first-order valence-electron chi connectivity index (χ1n) is 8.32. The normalized spacial score (nSPS) is 15.2. The molecule has 3 aromatic rings. The van der Waals surface area contributed by atoms with Crippen molar-refractivity contribution < 1.29 is 4.79 Å². The average Bonchev–Trinajstić information content (AvgIpc) is 3.28. The fraction of sp³-hybridized carbons (Fsp3) is 0.389. The van der Waals surface area contributed by atoms with Gasteiger partial charge in [0.2, 0.25) is 0 Å². The molecule has 0 aliphatic heterocycles. The number of aromatic nitrogens is 3. The third-order valence-electron chi connectivity index (χ3n) is 4.78. The van der Waals surface area contributed by atoms with Crippen LogP contribution in [-0.4, -0.2) is 26.5 Å². The van der Waals surface area contributed by atoms with Crippen LogP contribution in [0.3, 0.4) is 0 Å². The van der Waals surface area contributed by atoms with E-state index in [1.165, 1.54) is 12.8 Å². The third kappa shape index (κ3) is 2.71. The molecule has 1 N–H and O–H groups in total. The molecule has 0 atom stereocenters. The first-order chi connectivity index (χ1) is 11.6. The number of aryl methyl sites for hydroxylation is 1. The lowest BCUT2D eigenvalue weighted by atomic mass is 10.1. The summed E-state index contributed by atoms with van der Waals surface area (Å²) in [5.74, 6) is 0.982. The summed E-state index contributed by atoms with van der Waals surface area (Å²) < 4.78 is 3.06. The second kappa shape index (κ2) is 6.02. The molecule has 124 valence electrons. The molecule has 0 unspecified atom stereocenters. The maximum atomic E-state index is 12.4. The fourth-order valence-electron chi connectivity index (χ4n) is 3.22. The van der Waals surface area contributed by atoms with Gasteiger partial charge in [-0.05, 0) is 38.0 Å². The van der Waals surface area contributed by atoms with Crippen LogP contribution < -0.4 is 5.32 Å². The van der Waals surface area contributed by atoms with Gasteiger partial charge >= 0.3 is 0 Å². The number of hydrogen-bond acceptors (Lipinski definition) is 4. The maximum Gasteiger partial charge on any atom is 0.251 e. The van der Waals surface area contributed by atoms with Gasteiger partial charge in [-0.25, -0.2) is 9.97 Å². The first-order valence-corrected chi connectivity index (χ1v) is 9.13. The lowest BCUT2D eigenvalue weighted by Gasteiger charge is -2.11. The van der Waals surface area contributed by atoms with Crippen molar-refractivity contribution in [2.75, 3.05) is 0 Å². The van der Waals surface area contributed by atoms with Crippen molar-refractivity contribution in [1.82, 2.24) is 19.9 Å². The van der Waals surface area contributed by atoms with E-state index in [0.717, 1.165) is 39.6 Å². The topological polar surface area (TPSA) is 59.8 Å². The molecule has 1 fully saturated rings. The minimum absolute atomic E-state index is 0.0233. The van der Waals surface area contributed by atoms with Crippen LogP contribution >= 0.6 is 11.3 Å². The van der Waals surface area contributed by atoms with Gasteiger partial charge in [0.15, 0.2) is 0 Å². The Morgan fingerprint density at radius 3 is 2.83 bits per heavy atom. The molecular formula is C18H20N4OS. The number of rotatable bonds is 3. The molecular weight excluding hydrogens is 320 g/mol. The number of carbonyl (C=O) groups is 1. The Hall–Kier alpha value is -2.21. The Labute approximate surface area is 144 Å². The SMILES string of the molecule is Cc1ncc(-c2nc3ccc(C(=O)NC4CCCC4)cc3s2)n1C. The Morgan fingerprint density at radius 2 is 2.12 bits per heavy atom. The Bertz CT molecular complexity index is 905. The molecule has 1 aliphatic rings. The second-order valence-electron chi connectivity index (χ2n) is 6.41. The van der Waals surface area contributed by atoms with E-state index in [2.05, 4.69) is 15.3 Å². The number of benzene rings is 1. The largest absolute Gasteiger partial charge is 0.349 e. The number of nitrogens with zero attached hydrogens (tertiary/aromatic N) is 3. The molecule has 0 spiro atoms. The van der Waals surface area contributed by atoms with Crippen molar-refractivity contribution in [3.05, 3.63) is 35.8 Å². The summed E-state index contributed by atoms with van der Waals surface area (Å²) >= 11 is 1.60. The van der Waals surface area contributed by atoms with E-state index in [0.29, 0.717) is 11.6 Å². The molecule has 4 rings (SSSR count). The lowest BCUT2D eigenvalue weighted by Crippen LogP contribution is -2.32. The van der Waals surface area contributed by atoms with Gasteiger partial charge in [-0.3, -0.25) is 4.79 Å². The number of fused-ring (bicyclic) bond motifs is 1. The third-order valence-corrected chi connectivity index (χ3v) is 5.82. The minimum Gasteiger partial charge on any atom is -0.349 e. The molecule has 24 heavy (non-hydrogen) atoms. The summed E-state index contributed by atoms with van der Waals surface area (Å²) in [5.41, 5.74) is 2.64. The van der Waals surface area contributed by atoms with Gasteiger partial charge in [0.05, 0.1) is 22.1 Å². The standard InChI is InChI=1S/C18H20N4OS/c1-11-19-10-15(22(11)2)18-21-14-8-7-12(9-16(14)24-18)17(23)20-13-5-3-4-6-13/h7-10,13H,3-6H2,1-2H3,(H,20,23). The molecule has 1 amide bonds. The predicted octanol–water partition coefficient (Wildman–Crippen LogP) is 3.68. The Kier molecular flexibility index (Phi) is 3.84. The molecule has 1 saturated carbocycles. The van der Waals surface area contributed by atoms with Crippen molar-refractivity contribution in [2.45, 2.75) is 38.6 Å². The number of carbonyl (C=O) groups excluding carboxylic acids is 1. The number of amides is 1. The number of imidazole rings is 1. The molecule has 1 aromatic carbocycles. The summed E-state index contributed by atoms with van der Waals surface area (Å²) in [7, 11) is 1.99. The summed E-state index contributed by atoms with van der Waals surface area (Å²) in [6, 6.07) is 6.08. The minimum atomic E-state index is 0.0233. The number of hydrogen-bond donors (Lipinski definition) is 1. The Morgan fingerprint density at radius 1 is 1.33 bits per heavy atom. The molecule has 0 bridgehead atoms. The number of thiazole rings is 1. The fourth-order valence-corrected chi connectivity index (χ4v) is 4.27. The van der Waals surface area contributed by atoms with Crippen molar-refractivity contribution >= 4 is 27.5 Å². The summed E-state index contributed by atoms with van der Waals surface area (Å²) in [5, 5.41) is 4.07. The molecule has 2 heterocycles. The van der Waals surface area contributed by atoms with E-state index in [1.54, 1.807) is 11.3 Å². The molecule has 2 aromatic heterocycles. The molecule has 1 aliphatic carbocycles. The lowest BCUT2D eigenvalue weighted by molar-refractivity contribution is 0.0938. The highest BCUT2D eigenvalue weighted by Crippen LogP contribution is 2.31. The van der Waals surface area contributed by atoms with Gasteiger partial charge in [0.1, 0.15) is 10.8 Å². The van der Waals surface area contributed by atoms with Crippen LogP contribution in [0.5, 0.6) is 0 Å². The average molecular weight is 340 g/mol. The highest BCUT2D eigenvalue weighted by Gasteiger charge is 2.19. The van der Waals surface area contributed by atoms with Crippen molar-refractivity contribution in [2.24, 2.45) is 7.05 Å². The number of nitrogens with one attached hydrogen (secondary N) is 1. The van der Waals surface area contributed by atoms with Gasteiger partial charge in [-0.15, -0.1) is 11.3 Å². The molecule has 0 radical (unpaired) electrons. The van der Waals surface area contributed by atoms with Crippen molar-refractivity contribution in [1.29, 1.82) is 0 Å². The van der Waals surface area contributed by atoms with E-state index < -0.39 is 0 Å². The van der Waals surface area contributed by atoms with Crippen LogP contribution in [0.2, 0.25) is 0 Å². The van der Waals surface area contributed by atoms with Crippen LogP contribution in [-0.2, 0) is 7.05 Å². The zero-order valence-corrected chi connectivity index (χ0v) is 14.7. The van der Waals surface area contributed by atoms with Crippen molar-refractivity contribution in [3.63, 3.8) is 0 Å². The highest BCUT2D eigenvalue weighted by molar-refractivity contribution is 7.21. The molecule has 6 heteroatoms. The van der Waals surface area contributed by atoms with Gasteiger partial charge in [-0.1, -0.05) is 12.8 Å². The summed E-state index contributed by atoms with van der Waals surface area (Å²) in [6.07, 6.45) is 6.47. The van der Waals surface area contributed by atoms with Crippen molar-refractivity contribution in [3.8, 4) is 10.7 Å². The second-order valence-corrected chi connectivity index (χ2v) is 7.44. The molecule has 5 nitrogen and oxygen atoms in total. The van der Waals surface area contributed by atoms with Crippen LogP contribution in [0.1, 0.15) is 41.9 Å². The van der Waals surface area contributed by atoms with Gasteiger partial charge in [-0.2, -0.15) is 0 Å². The van der Waals surface area contributed by atoms with Gasteiger partial charge in [0, 0.05) is 18.7 Å². The van der Waals surface area contributed by atoms with Crippen LogP contribution in [0.4, 0.5) is 0 Å². The van der Waals surface area contributed by atoms with Crippen LogP contribution in [0.25, 0.3) is 20.9 Å². The smallest absolute Gasteiger partial charge is 0.251 e. The van der Waals surface area contributed by atoms with E-state index in [-0.39, 0.29) is 5.91 Å². The predicted molar refractivity (Wildman–Crippen MR) is 96.3 cm³/mol. The zero-order chi connectivity index (χ0) is 16.7. The van der Waals surface area contributed by atoms with E-state index in [9.17, 15) is 4.79 Å². The van der Waals surface area contributed by atoms with Gasteiger partial charge < -0.3 is 9.88 Å².